The van der Waals surface area contributed by atoms with Crippen LogP contribution >= 0.6 is 0 Å². The molecule has 2 aromatic rings. The number of benzene rings is 1. The molecule has 1 atom stereocenters. The predicted octanol–water partition coefficient (Wildman–Crippen LogP) is 2.31. The first-order valence-corrected chi connectivity index (χ1v) is 9.59. The molecule has 2 rings (SSSR count). The zero-order chi connectivity index (χ0) is 19.8. The van der Waals surface area contributed by atoms with E-state index in [1.54, 1.807) is 33.0 Å². The van der Waals surface area contributed by atoms with Gasteiger partial charge in [-0.1, -0.05) is 12.1 Å². The first-order valence-electron chi connectivity index (χ1n) is 8.05. The summed E-state index contributed by atoms with van der Waals surface area (Å²) in [5.74, 6) is -0.342. The summed E-state index contributed by atoms with van der Waals surface area (Å²) in [5.41, 5.74) is 2.97. The number of nitrogens with one attached hydrogen (secondary N) is 1. The van der Waals surface area contributed by atoms with Crippen LogP contribution in [0.15, 0.2) is 29.2 Å². The van der Waals surface area contributed by atoms with Crippen LogP contribution in [-0.4, -0.2) is 37.0 Å². The van der Waals surface area contributed by atoms with Crippen molar-refractivity contribution in [1.29, 1.82) is 0 Å². The first-order chi connectivity index (χ1) is 11.9. The van der Waals surface area contributed by atoms with Crippen LogP contribution in [0.2, 0.25) is 0 Å². The highest BCUT2D eigenvalue weighted by Gasteiger charge is 2.25. The van der Waals surface area contributed by atoms with Gasteiger partial charge >= 0.3 is 0 Å². The van der Waals surface area contributed by atoms with Gasteiger partial charge in [0.1, 0.15) is 5.69 Å². The highest BCUT2D eigenvalue weighted by atomic mass is 32.2. The summed E-state index contributed by atoms with van der Waals surface area (Å²) in [5, 5.41) is 5.10. The van der Waals surface area contributed by atoms with E-state index in [1.807, 2.05) is 6.92 Å². The molecule has 140 valence electrons. The zero-order valence-corrected chi connectivity index (χ0v) is 16.3. The molecule has 0 unspecified atom stereocenters. The predicted molar refractivity (Wildman–Crippen MR) is 98.6 cm³/mol. The van der Waals surface area contributed by atoms with E-state index in [9.17, 15) is 18.0 Å². The number of carbonyl (C=O) groups excluding carboxylic acids is 2. The molecule has 0 aliphatic heterocycles. The van der Waals surface area contributed by atoms with E-state index >= 15 is 0 Å². The van der Waals surface area contributed by atoms with Crippen LogP contribution < -0.4 is 5.14 Å². The SMILES string of the molecule is CC(=O)c1c(C)[nH]c(C(=O)N(C)[C@H](C)c2ccc(S(N)(=O)=O)cc2)c1C. The molecule has 26 heavy (non-hydrogen) atoms. The number of rotatable bonds is 5. The quantitative estimate of drug-likeness (QED) is 0.778. The smallest absolute Gasteiger partial charge is 0.270 e. The minimum atomic E-state index is -3.76. The van der Waals surface area contributed by atoms with Crippen molar-refractivity contribution in [3.8, 4) is 0 Å². The number of amides is 1. The van der Waals surface area contributed by atoms with Gasteiger partial charge in [0.2, 0.25) is 10.0 Å². The van der Waals surface area contributed by atoms with Gasteiger partial charge in [0.15, 0.2) is 5.78 Å². The molecule has 0 radical (unpaired) electrons. The van der Waals surface area contributed by atoms with E-state index in [4.69, 9.17) is 5.14 Å². The van der Waals surface area contributed by atoms with E-state index in [0.717, 1.165) is 5.56 Å². The van der Waals surface area contributed by atoms with Gasteiger partial charge in [-0.3, -0.25) is 9.59 Å². The van der Waals surface area contributed by atoms with E-state index < -0.39 is 10.0 Å². The van der Waals surface area contributed by atoms with Crippen LogP contribution in [-0.2, 0) is 10.0 Å². The number of aromatic amines is 1. The first kappa shape index (κ1) is 19.9. The molecule has 0 bridgehead atoms. The number of primary sulfonamides is 1. The average molecular weight is 377 g/mol. The second-order valence-corrected chi connectivity index (χ2v) is 7.95. The van der Waals surface area contributed by atoms with Crippen molar-refractivity contribution in [2.75, 3.05) is 7.05 Å². The Bertz CT molecular complexity index is 959. The van der Waals surface area contributed by atoms with Gasteiger partial charge in [-0.2, -0.15) is 0 Å². The molecule has 0 saturated carbocycles. The normalized spacial score (nSPS) is 12.7. The molecule has 3 N–H and O–H groups in total. The Kier molecular flexibility index (Phi) is 5.39. The maximum Gasteiger partial charge on any atom is 0.270 e. The second kappa shape index (κ2) is 7.05. The largest absolute Gasteiger partial charge is 0.354 e. The Labute approximate surface area is 153 Å². The molecule has 0 spiro atoms. The van der Waals surface area contributed by atoms with Gasteiger partial charge in [-0.25, -0.2) is 13.6 Å². The average Bonchev–Trinajstić information content (AvgIpc) is 2.86. The Morgan fingerprint density at radius 2 is 1.69 bits per heavy atom. The summed E-state index contributed by atoms with van der Waals surface area (Å²) in [6.45, 7) is 6.81. The lowest BCUT2D eigenvalue weighted by molar-refractivity contribution is 0.0736. The number of H-pyrrole nitrogens is 1. The monoisotopic (exact) mass is 377 g/mol. The van der Waals surface area contributed by atoms with Gasteiger partial charge in [-0.15, -0.1) is 0 Å². The Balaban J connectivity index is 2.31. The van der Waals surface area contributed by atoms with Crippen molar-refractivity contribution in [3.05, 3.63) is 52.3 Å². The summed E-state index contributed by atoms with van der Waals surface area (Å²) in [7, 11) is -2.10. The topological polar surface area (TPSA) is 113 Å². The van der Waals surface area contributed by atoms with Gasteiger partial charge in [0.05, 0.1) is 10.9 Å². The molecule has 0 fully saturated rings. The summed E-state index contributed by atoms with van der Waals surface area (Å²) in [6.07, 6.45) is 0. The standard InChI is InChI=1S/C18H23N3O4S/c1-10-16(13(4)22)11(2)20-17(10)18(23)21(5)12(3)14-6-8-15(9-7-14)26(19,24)25/h6-9,12,20H,1-5H3,(H2,19,24,25)/t12-/m1/s1. The lowest BCUT2D eigenvalue weighted by Gasteiger charge is -2.25. The third kappa shape index (κ3) is 3.71. The second-order valence-electron chi connectivity index (χ2n) is 6.39. The molecule has 0 aliphatic rings. The summed E-state index contributed by atoms with van der Waals surface area (Å²) >= 11 is 0. The van der Waals surface area contributed by atoms with Gasteiger partial charge in [-0.05, 0) is 51.0 Å². The van der Waals surface area contributed by atoms with Crippen molar-refractivity contribution in [2.24, 2.45) is 5.14 Å². The minimum Gasteiger partial charge on any atom is -0.354 e. The van der Waals surface area contributed by atoms with Gasteiger partial charge in [0.25, 0.3) is 5.91 Å². The number of nitrogens with two attached hydrogens (primary N) is 1. The van der Waals surface area contributed by atoms with E-state index in [-0.39, 0.29) is 22.6 Å². The van der Waals surface area contributed by atoms with Crippen LogP contribution in [0, 0.1) is 13.8 Å². The highest BCUT2D eigenvalue weighted by molar-refractivity contribution is 7.89. The fourth-order valence-corrected chi connectivity index (χ4v) is 3.52. The third-order valence-corrected chi connectivity index (χ3v) is 5.52. The van der Waals surface area contributed by atoms with Crippen LogP contribution in [0.4, 0.5) is 0 Å². The molecule has 7 nitrogen and oxygen atoms in total. The van der Waals surface area contributed by atoms with Crippen molar-refractivity contribution < 1.29 is 18.0 Å². The lowest BCUT2D eigenvalue weighted by Crippen LogP contribution is -2.30. The molecule has 8 heteroatoms. The Morgan fingerprint density at radius 1 is 1.15 bits per heavy atom. The zero-order valence-electron chi connectivity index (χ0n) is 15.5. The Morgan fingerprint density at radius 3 is 2.12 bits per heavy atom. The molecule has 0 saturated heterocycles. The maximum absolute atomic E-state index is 12.9. The number of nitrogens with zero attached hydrogens (tertiary/aromatic N) is 1. The van der Waals surface area contributed by atoms with Crippen LogP contribution in [0.1, 0.15) is 57.6 Å². The van der Waals surface area contributed by atoms with Crippen LogP contribution in [0.3, 0.4) is 0 Å². The number of aryl methyl sites for hydroxylation is 1. The fraction of sp³-hybridized carbons (Fsp3) is 0.333. The summed E-state index contributed by atoms with van der Waals surface area (Å²) < 4.78 is 22.7. The lowest BCUT2D eigenvalue weighted by atomic mass is 10.0. The van der Waals surface area contributed by atoms with Gasteiger partial charge < -0.3 is 9.88 Å². The molecule has 0 aliphatic carbocycles. The number of aromatic nitrogens is 1. The van der Waals surface area contributed by atoms with E-state index in [1.165, 1.54) is 24.0 Å². The van der Waals surface area contributed by atoms with E-state index in [2.05, 4.69) is 4.98 Å². The van der Waals surface area contributed by atoms with Crippen molar-refractivity contribution in [2.45, 2.75) is 38.6 Å². The third-order valence-electron chi connectivity index (χ3n) is 4.60. The molecule has 1 amide bonds. The number of ketones is 1. The number of sulfonamides is 1. The Hall–Kier alpha value is -2.45. The molecule has 1 aromatic heterocycles. The van der Waals surface area contributed by atoms with Crippen molar-refractivity contribution in [1.82, 2.24) is 9.88 Å². The molecular formula is C18H23N3O4S. The highest BCUT2D eigenvalue weighted by Crippen LogP contribution is 2.25. The molecule has 1 heterocycles. The molecule has 1 aromatic carbocycles. The van der Waals surface area contributed by atoms with E-state index in [0.29, 0.717) is 22.5 Å². The van der Waals surface area contributed by atoms with Gasteiger partial charge in [0, 0.05) is 18.3 Å². The van der Waals surface area contributed by atoms with Crippen molar-refractivity contribution in [3.63, 3.8) is 0 Å². The van der Waals surface area contributed by atoms with Crippen molar-refractivity contribution >= 4 is 21.7 Å². The number of hydrogen-bond donors (Lipinski definition) is 2. The fourth-order valence-electron chi connectivity index (χ4n) is 3.00. The van der Waals surface area contributed by atoms with Crippen LogP contribution in [0.25, 0.3) is 0 Å². The molecular weight excluding hydrogens is 354 g/mol. The summed E-state index contributed by atoms with van der Waals surface area (Å²) in [6, 6.07) is 5.78. The summed E-state index contributed by atoms with van der Waals surface area (Å²) in [4.78, 5) is 29.2. The number of carbonyl (C=O) groups is 2. The number of hydrogen-bond acceptors (Lipinski definition) is 4. The number of Topliss-reactive ketones (excluding diaryl/α,β-unsaturated/α-hetero) is 1. The van der Waals surface area contributed by atoms with Crippen LogP contribution in [0.5, 0.6) is 0 Å². The maximum atomic E-state index is 12.9. The minimum absolute atomic E-state index is 0.0179.